The molecule has 0 spiro atoms. The number of carbonyl (C=O) groups excluding carboxylic acids is 1. The molecule has 152 valence electrons. The van der Waals surface area contributed by atoms with E-state index in [2.05, 4.69) is 27.9 Å². The Hall–Kier alpha value is -2.84. The molecule has 1 N–H and O–H groups in total. The SMILES string of the molecule is CC[C@@H](NC(=O)c1ccc(Cl)cc1)[C@H]1[C@@H]2C[C@@H](n3cnc4ccc(C#N)cc43)C[C@@H]21. The number of imidazole rings is 1. The predicted molar refractivity (Wildman–Crippen MR) is 116 cm³/mol. The molecular weight excluding hydrogens is 396 g/mol. The molecule has 2 fully saturated rings. The van der Waals surface area contributed by atoms with Gasteiger partial charge in [0, 0.05) is 22.7 Å². The van der Waals surface area contributed by atoms with Gasteiger partial charge in [0.05, 0.1) is 29.0 Å². The molecule has 0 aliphatic heterocycles. The van der Waals surface area contributed by atoms with E-state index in [4.69, 9.17) is 11.6 Å². The Kier molecular flexibility index (Phi) is 4.75. The van der Waals surface area contributed by atoms with E-state index in [0.717, 1.165) is 30.3 Å². The lowest BCUT2D eigenvalue weighted by atomic mass is 9.98. The number of fused-ring (bicyclic) bond motifs is 2. The Morgan fingerprint density at radius 2 is 2.00 bits per heavy atom. The maximum absolute atomic E-state index is 12.6. The summed E-state index contributed by atoms with van der Waals surface area (Å²) in [6, 6.07) is 15.6. The number of benzene rings is 2. The summed E-state index contributed by atoms with van der Waals surface area (Å²) < 4.78 is 2.24. The third kappa shape index (κ3) is 3.26. The lowest BCUT2D eigenvalue weighted by Gasteiger charge is -2.22. The van der Waals surface area contributed by atoms with Gasteiger partial charge < -0.3 is 9.88 Å². The van der Waals surface area contributed by atoms with Crippen molar-refractivity contribution < 1.29 is 4.79 Å². The quantitative estimate of drug-likeness (QED) is 0.636. The minimum Gasteiger partial charge on any atom is -0.349 e. The molecule has 0 bridgehead atoms. The smallest absolute Gasteiger partial charge is 0.251 e. The van der Waals surface area contributed by atoms with Gasteiger partial charge in [0.2, 0.25) is 0 Å². The van der Waals surface area contributed by atoms with Crippen molar-refractivity contribution in [3.05, 3.63) is 64.9 Å². The number of rotatable bonds is 5. The zero-order chi connectivity index (χ0) is 20.8. The summed E-state index contributed by atoms with van der Waals surface area (Å²) in [7, 11) is 0. The zero-order valence-electron chi connectivity index (χ0n) is 16.8. The van der Waals surface area contributed by atoms with Crippen LogP contribution in [-0.2, 0) is 0 Å². The molecule has 30 heavy (non-hydrogen) atoms. The molecule has 5 rings (SSSR count). The highest BCUT2D eigenvalue weighted by atomic mass is 35.5. The molecule has 2 aliphatic rings. The maximum atomic E-state index is 12.6. The third-order valence-electron chi connectivity index (χ3n) is 6.91. The molecular formula is C24H23ClN4O. The number of amides is 1. The number of nitrogens with zero attached hydrogens (tertiary/aromatic N) is 3. The van der Waals surface area contributed by atoms with Gasteiger partial charge in [0.15, 0.2) is 0 Å². The van der Waals surface area contributed by atoms with E-state index in [9.17, 15) is 10.1 Å². The zero-order valence-corrected chi connectivity index (χ0v) is 17.5. The van der Waals surface area contributed by atoms with E-state index in [-0.39, 0.29) is 11.9 Å². The Morgan fingerprint density at radius 1 is 1.27 bits per heavy atom. The number of hydrogen-bond acceptors (Lipinski definition) is 3. The first-order valence-electron chi connectivity index (χ1n) is 10.5. The van der Waals surface area contributed by atoms with E-state index in [0.29, 0.717) is 39.9 Å². The molecule has 1 amide bonds. The second-order valence-electron chi connectivity index (χ2n) is 8.49. The second-order valence-corrected chi connectivity index (χ2v) is 8.93. The van der Waals surface area contributed by atoms with Crippen LogP contribution in [0.25, 0.3) is 11.0 Å². The monoisotopic (exact) mass is 418 g/mol. The lowest BCUT2D eigenvalue weighted by Crippen LogP contribution is -2.37. The largest absolute Gasteiger partial charge is 0.349 e. The number of hydrogen-bond donors (Lipinski definition) is 1. The Balaban J connectivity index is 1.26. The van der Waals surface area contributed by atoms with Crippen LogP contribution in [0.5, 0.6) is 0 Å². The molecule has 1 aromatic heterocycles. The van der Waals surface area contributed by atoms with Gasteiger partial charge in [-0.3, -0.25) is 4.79 Å². The number of nitriles is 1. The van der Waals surface area contributed by atoms with Crippen LogP contribution in [0.4, 0.5) is 0 Å². The highest BCUT2D eigenvalue weighted by molar-refractivity contribution is 6.30. The van der Waals surface area contributed by atoms with Crippen molar-refractivity contribution in [3.63, 3.8) is 0 Å². The van der Waals surface area contributed by atoms with Crippen molar-refractivity contribution in [2.75, 3.05) is 0 Å². The molecule has 0 radical (unpaired) electrons. The Morgan fingerprint density at radius 3 is 2.67 bits per heavy atom. The minimum atomic E-state index is -0.0234. The molecule has 5 atom stereocenters. The van der Waals surface area contributed by atoms with Crippen molar-refractivity contribution in [1.29, 1.82) is 5.26 Å². The van der Waals surface area contributed by atoms with Gasteiger partial charge in [0.1, 0.15) is 0 Å². The fourth-order valence-corrected chi connectivity index (χ4v) is 5.52. The average Bonchev–Trinajstić information content (AvgIpc) is 3.09. The fraction of sp³-hybridized carbons (Fsp3) is 0.375. The molecule has 0 unspecified atom stereocenters. The summed E-state index contributed by atoms with van der Waals surface area (Å²) in [5, 5.41) is 13.1. The van der Waals surface area contributed by atoms with Gasteiger partial charge in [-0.05, 0) is 79.5 Å². The molecule has 3 aromatic rings. The number of aromatic nitrogens is 2. The van der Waals surface area contributed by atoms with Gasteiger partial charge in [-0.25, -0.2) is 4.98 Å². The van der Waals surface area contributed by atoms with Crippen LogP contribution < -0.4 is 5.32 Å². The highest BCUT2D eigenvalue weighted by Crippen LogP contribution is 2.62. The van der Waals surface area contributed by atoms with Crippen molar-refractivity contribution >= 4 is 28.5 Å². The van der Waals surface area contributed by atoms with Crippen LogP contribution in [-0.4, -0.2) is 21.5 Å². The first-order chi connectivity index (χ1) is 14.6. The van der Waals surface area contributed by atoms with Crippen LogP contribution in [0, 0.1) is 29.1 Å². The normalized spacial score (nSPS) is 25.5. The first kappa shape index (κ1) is 19.1. The standard InChI is InChI=1S/C24H23ClN4O/c1-2-20(28-24(30)15-4-6-16(25)7-5-15)23-18-10-17(11-19(18)23)29-13-27-21-8-3-14(12-26)9-22(21)29/h3-9,13,17-20,23H,2,10-11H2,1H3,(H,28,30)/t17-,18-,19+,20-,23+/m1/s1. The van der Waals surface area contributed by atoms with Gasteiger partial charge >= 0.3 is 0 Å². The molecule has 1 heterocycles. The predicted octanol–water partition coefficient (Wildman–Crippen LogP) is 4.97. The van der Waals surface area contributed by atoms with Crippen LogP contribution in [0.2, 0.25) is 5.02 Å². The second kappa shape index (κ2) is 7.45. The Labute approximate surface area is 180 Å². The van der Waals surface area contributed by atoms with Gasteiger partial charge in [-0.15, -0.1) is 0 Å². The van der Waals surface area contributed by atoms with Crippen molar-refractivity contribution in [2.45, 2.75) is 38.3 Å². The number of halogens is 1. The summed E-state index contributed by atoms with van der Waals surface area (Å²) in [4.78, 5) is 17.2. The van der Waals surface area contributed by atoms with Crippen molar-refractivity contribution in [2.24, 2.45) is 17.8 Å². The van der Waals surface area contributed by atoms with Crippen molar-refractivity contribution in [1.82, 2.24) is 14.9 Å². The summed E-state index contributed by atoms with van der Waals surface area (Å²) in [6.45, 7) is 2.14. The summed E-state index contributed by atoms with van der Waals surface area (Å²) in [5.74, 6) is 1.81. The van der Waals surface area contributed by atoms with E-state index < -0.39 is 0 Å². The summed E-state index contributed by atoms with van der Waals surface area (Å²) in [6.07, 6.45) is 5.05. The summed E-state index contributed by atoms with van der Waals surface area (Å²) in [5.41, 5.74) is 3.30. The fourth-order valence-electron chi connectivity index (χ4n) is 5.40. The highest BCUT2D eigenvalue weighted by Gasteiger charge is 2.59. The van der Waals surface area contributed by atoms with E-state index in [1.807, 2.05) is 24.5 Å². The Bertz CT molecular complexity index is 1130. The minimum absolute atomic E-state index is 0.0234. The topological polar surface area (TPSA) is 70.7 Å². The maximum Gasteiger partial charge on any atom is 0.251 e. The number of carbonyl (C=O) groups is 1. The molecule has 2 aliphatic carbocycles. The molecule has 2 aromatic carbocycles. The molecule has 2 saturated carbocycles. The van der Waals surface area contributed by atoms with Gasteiger partial charge in [-0.1, -0.05) is 18.5 Å². The van der Waals surface area contributed by atoms with Crippen LogP contribution in [0.1, 0.15) is 48.1 Å². The van der Waals surface area contributed by atoms with Crippen LogP contribution in [0.3, 0.4) is 0 Å². The number of nitrogens with one attached hydrogen (secondary N) is 1. The van der Waals surface area contributed by atoms with E-state index in [1.54, 1.807) is 24.3 Å². The summed E-state index contributed by atoms with van der Waals surface area (Å²) >= 11 is 5.93. The third-order valence-corrected chi connectivity index (χ3v) is 7.16. The van der Waals surface area contributed by atoms with E-state index >= 15 is 0 Å². The van der Waals surface area contributed by atoms with Crippen LogP contribution in [0.15, 0.2) is 48.8 Å². The van der Waals surface area contributed by atoms with E-state index in [1.165, 1.54) is 0 Å². The van der Waals surface area contributed by atoms with Gasteiger partial charge in [-0.2, -0.15) is 5.26 Å². The lowest BCUT2D eigenvalue weighted by molar-refractivity contribution is 0.0927. The van der Waals surface area contributed by atoms with Gasteiger partial charge in [0.25, 0.3) is 5.91 Å². The van der Waals surface area contributed by atoms with Crippen LogP contribution >= 0.6 is 11.6 Å². The average molecular weight is 419 g/mol. The molecule has 5 nitrogen and oxygen atoms in total. The molecule has 0 saturated heterocycles. The molecule has 6 heteroatoms. The van der Waals surface area contributed by atoms with Crippen molar-refractivity contribution in [3.8, 4) is 6.07 Å². The first-order valence-corrected chi connectivity index (χ1v) is 10.9.